The van der Waals surface area contributed by atoms with Crippen molar-refractivity contribution in [3.8, 4) is 5.69 Å². The third kappa shape index (κ3) is 4.02. The number of fused-ring (bicyclic) bond motifs is 1. The molecule has 0 saturated carbocycles. The Kier molecular flexibility index (Phi) is 5.59. The molecule has 1 amide bonds. The van der Waals surface area contributed by atoms with Crippen LogP contribution in [0.15, 0.2) is 74.9 Å². The summed E-state index contributed by atoms with van der Waals surface area (Å²) >= 11 is 0. The lowest BCUT2D eigenvalue weighted by Crippen LogP contribution is -2.41. The van der Waals surface area contributed by atoms with Crippen LogP contribution >= 0.6 is 0 Å². The van der Waals surface area contributed by atoms with Crippen molar-refractivity contribution in [1.29, 1.82) is 0 Å². The fraction of sp³-hybridized carbons (Fsp3) is 0.167. The normalized spacial score (nSPS) is 10.9. The zero-order chi connectivity index (χ0) is 22.8. The first-order valence-corrected chi connectivity index (χ1v) is 10.0. The summed E-state index contributed by atoms with van der Waals surface area (Å²) in [5.74, 6) is 0.0629. The number of aryl methyl sites for hydroxylation is 1. The first kappa shape index (κ1) is 21.0. The minimum Gasteiger partial charge on any atom is -0.467 e. The van der Waals surface area contributed by atoms with E-state index < -0.39 is 17.2 Å². The van der Waals surface area contributed by atoms with Gasteiger partial charge in [-0.05, 0) is 62.4 Å². The summed E-state index contributed by atoms with van der Waals surface area (Å²) in [6, 6.07) is 14.8. The van der Waals surface area contributed by atoms with E-state index >= 15 is 0 Å². The second kappa shape index (κ2) is 8.50. The van der Waals surface area contributed by atoms with Crippen molar-refractivity contribution in [3.05, 3.63) is 98.6 Å². The van der Waals surface area contributed by atoms with Crippen LogP contribution in [0.4, 0.5) is 0 Å². The molecule has 8 nitrogen and oxygen atoms in total. The first-order valence-electron chi connectivity index (χ1n) is 10.0. The molecular formula is C24H21N3O5. The summed E-state index contributed by atoms with van der Waals surface area (Å²) in [6.45, 7) is 3.19. The maximum atomic E-state index is 13.3. The highest BCUT2D eigenvalue weighted by Crippen LogP contribution is 2.13. The van der Waals surface area contributed by atoms with Crippen molar-refractivity contribution in [2.75, 3.05) is 0 Å². The van der Waals surface area contributed by atoms with E-state index in [4.69, 9.17) is 4.42 Å². The van der Waals surface area contributed by atoms with Crippen LogP contribution < -0.4 is 16.6 Å². The number of carbonyl (C=O) groups excluding carboxylic acids is 2. The molecule has 0 aliphatic heterocycles. The summed E-state index contributed by atoms with van der Waals surface area (Å²) in [5.41, 5.74) is 0.872. The van der Waals surface area contributed by atoms with Gasteiger partial charge in [0.05, 0.1) is 29.4 Å². The van der Waals surface area contributed by atoms with Gasteiger partial charge in [-0.1, -0.05) is 11.6 Å². The molecule has 1 N–H and O–H groups in total. The number of hydrogen-bond donors (Lipinski definition) is 1. The summed E-state index contributed by atoms with van der Waals surface area (Å²) < 4.78 is 7.50. The lowest BCUT2D eigenvalue weighted by Gasteiger charge is -2.14. The number of carbonyl (C=O) groups is 2. The topological polar surface area (TPSA) is 103 Å². The fourth-order valence-electron chi connectivity index (χ4n) is 3.51. The minimum absolute atomic E-state index is 0.122. The molecule has 2 aromatic heterocycles. The van der Waals surface area contributed by atoms with E-state index in [0.717, 1.165) is 10.1 Å². The van der Waals surface area contributed by atoms with Crippen LogP contribution in [0, 0.1) is 6.92 Å². The number of nitrogens with zero attached hydrogens (tertiary/aromatic N) is 2. The average molecular weight is 431 g/mol. The Morgan fingerprint density at radius 3 is 2.44 bits per heavy atom. The number of amides is 1. The van der Waals surface area contributed by atoms with Gasteiger partial charge in [0.15, 0.2) is 5.78 Å². The lowest BCUT2D eigenvalue weighted by molar-refractivity contribution is -0.121. The maximum absolute atomic E-state index is 13.3. The molecule has 0 unspecified atom stereocenters. The van der Waals surface area contributed by atoms with Gasteiger partial charge in [0, 0.05) is 5.56 Å². The van der Waals surface area contributed by atoms with Crippen molar-refractivity contribution >= 4 is 22.6 Å². The van der Waals surface area contributed by atoms with E-state index in [1.165, 1.54) is 17.8 Å². The molecule has 0 atom stereocenters. The third-order valence-electron chi connectivity index (χ3n) is 5.17. The molecular weight excluding hydrogens is 410 g/mol. The summed E-state index contributed by atoms with van der Waals surface area (Å²) in [4.78, 5) is 50.7. The highest BCUT2D eigenvalue weighted by molar-refractivity contribution is 5.94. The summed E-state index contributed by atoms with van der Waals surface area (Å²) in [6.07, 6.45) is 1.51. The second-order valence-corrected chi connectivity index (χ2v) is 7.49. The number of furan rings is 1. The van der Waals surface area contributed by atoms with Gasteiger partial charge in [0.1, 0.15) is 12.3 Å². The quantitative estimate of drug-likeness (QED) is 0.473. The smallest absolute Gasteiger partial charge is 0.336 e. The zero-order valence-electron chi connectivity index (χ0n) is 17.6. The van der Waals surface area contributed by atoms with Crippen LogP contribution in [0.2, 0.25) is 0 Å². The Balaban J connectivity index is 1.81. The first-order chi connectivity index (χ1) is 15.3. The molecule has 0 spiro atoms. The maximum Gasteiger partial charge on any atom is 0.336 e. The Morgan fingerprint density at radius 2 is 1.78 bits per heavy atom. The van der Waals surface area contributed by atoms with Crippen molar-refractivity contribution < 1.29 is 14.0 Å². The molecule has 4 rings (SSSR count). The van der Waals surface area contributed by atoms with Gasteiger partial charge >= 0.3 is 5.69 Å². The van der Waals surface area contributed by atoms with Crippen molar-refractivity contribution in [2.45, 2.75) is 26.9 Å². The fourth-order valence-corrected chi connectivity index (χ4v) is 3.51. The van der Waals surface area contributed by atoms with Crippen molar-refractivity contribution in [2.24, 2.45) is 0 Å². The van der Waals surface area contributed by atoms with Crippen LogP contribution in [0.25, 0.3) is 16.6 Å². The third-order valence-corrected chi connectivity index (χ3v) is 5.17. The van der Waals surface area contributed by atoms with Crippen molar-refractivity contribution in [3.63, 3.8) is 0 Å². The number of rotatable bonds is 6. The summed E-state index contributed by atoms with van der Waals surface area (Å²) in [5, 5.41) is 3.03. The highest BCUT2D eigenvalue weighted by atomic mass is 16.3. The lowest BCUT2D eigenvalue weighted by atomic mass is 10.1. The molecule has 2 heterocycles. The Morgan fingerprint density at radius 1 is 1.03 bits per heavy atom. The van der Waals surface area contributed by atoms with Gasteiger partial charge in [-0.2, -0.15) is 0 Å². The van der Waals surface area contributed by atoms with E-state index in [1.54, 1.807) is 54.6 Å². The van der Waals surface area contributed by atoms with Gasteiger partial charge in [-0.15, -0.1) is 0 Å². The molecule has 162 valence electrons. The van der Waals surface area contributed by atoms with Gasteiger partial charge < -0.3 is 9.73 Å². The van der Waals surface area contributed by atoms with E-state index in [1.807, 2.05) is 6.92 Å². The molecule has 0 bridgehead atoms. The Hall–Kier alpha value is -4.20. The molecule has 0 aliphatic rings. The Bertz CT molecular complexity index is 1430. The summed E-state index contributed by atoms with van der Waals surface area (Å²) in [7, 11) is 0. The number of Topliss-reactive ketones (excluding diaryl/α,β-unsaturated/α-hetero) is 1. The number of aromatic nitrogens is 2. The van der Waals surface area contributed by atoms with Gasteiger partial charge in [-0.25, -0.2) is 9.36 Å². The predicted molar refractivity (Wildman–Crippen MR) is 119 cm³/mol. The molecule has 0 radical (unpaired) electrons. The molecule has 32 heavy (non-hydrogen) atoms. The standard InChI is InChI=1S/C24H21N3O5/c1-15-5-10-21-20(12-15)23(30)27(18-8-6-17(7-9-18)16(2)28)24(31)26(21)14-22(29)25-13-19-4-3-11-32-19/h3-12H,13-14H2,1-2H3,(H,25,29). The SMILES string of the molecule is CC(=O)c1ccc(-n2c(=O)c3cc(C)ccc3n(CC(=O)NCc3ccco3)c2=O)cc1. The predicted octanol–water partition coefficient (Wildman–Crippen LogP) is 2.57. The minimum atomic E-state index is -0.643. The largest absolute Gasteiger partial charge is 0.467 e. The van der Waals surface area contributed by atoms with Crippen molar-refractivity contribution in [1.82, 2.24) is 14.5 Å². The van der Waals surface area contributed by atoms with E-state index in [2.05, 4.69) is 5.32 Å². The van der Waals surface area contributed by atoms with Gasteiger partial charge in [0.25, 0.3) is 5.56 Å². The van der Waals surface area contributed by atoms with E-state index in [-0.39, 0.29) is 18.9 Å². The number of hydrogen-bond acceptors (Lipinski definition) is 5. The molecule has 0 fully saturated rings. The Labute approximate surface area is 182 Å². The molecule has 4 aromatic rings. The van der Waals surface area contributed by atoms with Crippen LogP contribution in [-0.4, -0.2) is 20.8 Å². The molecule has 0 aliphatic carbocycles. The number of ketones is 1. The van der Waals surface area contributed by atoms with Crippen LogP contribution in [0.3, 0.4) is 0 Å². The van der Waals surface area contributed by atoms with Crippen LogP contribution in [-0.2, 0) is 17.9 Å². The van der Waals surface area contributed by atoms with Gasteiger partial charge in [-0.3, -0.25) is 19.0 Å². The molecule has 2 aromatic carbocycles. The van der Waals surface area contributed by atoms with Gasteiger partial charge in [0.2, 0.25) is 5.91 Å². The highest BCUT2D eigenvalue weighted by Gasteiger charge is 2.17. The van der Waals surface area contributed by atoms with E-state index in [0.29, 0.717) is 27.9 Å². The van der Waals surface area contributed by atoms with Crippen LogP contribution in [0.5, 0.6) is 0 Å². The molecule has 0 saturated heterocycles. The number of benzene rings is 2. The molecule has 8 heteroatoms. The average Bonchev–Trinajstić information content (AvgIpc) is 3.29. The van der Waals surface area contributed by atoms with E-state index in [9.17, 15) is 19.2 Å². The van der Waals surface area contributed by atoms with Crippen LogP contribution in [0.1, 0.15) is 28.6 Å². The number of nitrogens with one attached hydrogen (secondary N) is 1. The second-order valence-electron chi connectivity index (χ2n) is 7.49. The zero-order valence-corrected chi connectivity index (χ0v) is 17.6. The monoisotopic (exact) mass is 431 g/mol.